The smallest absolute Gasteiger partial charge is 0.303 e. The van der Waals surface area contributed by atoms with E-state index in [9.17, 15) is 4.57 Å². The third-order valence-electron chi connectivity index (χ3n) is 3.57. The number of phosphoric acid groups is 1. The van der Waals surface area contributed by atoms with Crippen molar-refractivity contribution in [2.75, 3.05) is 6.61 Å². The van der Waals surface area contributed by atoms with Gasteiger partial charge in [0.05, 0.1) is 6.61 Å². The second-order valence-electron chi connectivity index (χ2n) is 6.31. The largest absolute Gasteiger partial charge is 0.469 e. The van der Waals surface area contributed by atoms with Crippen molar-refractivity contribution >= 4 is 35.8 Å². The Hall–Kier alpha value is 1.11. The second-order valence-corrected chi connectivity index (χ2v) is 8.36. The van der Waals surface area contributed by atoms with Gasteiger partial charge in [-0.3, -0.25) is 4.52 Å². The van der Waals surface area contributed by atoms with Gasteiger partial charge in [-0.25, -0.2) is 4.57 Å². The minimum atomic E-state index is -4.24. The van der Waals surface area contributed by atoms with Crippen LogP contribution in [0, 0.1) is 5.92 Å². The Morgan fingerprint density at radius 2 is 1.27 bits per heavy atom. The fraction of sp³-hybridized carbons (Fsp3) is 1.00. The molecule has 2 N–H and O–H groups in total. The summed E-state index contributed by atoms with van der Waals surface area (Å²) < 4.78 is 16.2. The molecule has 0 atom stereocenters. The molecule has 0 saturated carbocycles. The van der Waals surface area contributed by atoms with Crippen molar-refractivity contribution in [2.24, 2.45) is 5.92 Å². The van der Waals surface area contributed by atoms with Crippen molar-refractivity contribution in [3.05, 3.63) is 0 Å². The van der Waals surface area contributed by atoms with Crippen molar-refractivity contribution in [3.8, 4) is 0 Å². The van der Waals surface area contributed by atoms with Gasteiger partial charge in [0.2, 0.25) is 0 Å². The molecule has 0 amide bonds. The van der Waals surface area contributed by atoms with Gasteiger partial charge < -0.3 is 9.79 Å². The van der Waals surface area contributed by atoms with E-state index in [1.165, 1.54) is 76.5 Å². The molecule has 0 aromatic heterocycles. The van der Waals surface area contributed by atoms with Crippen LogP contribution in [-0.2, 0) is 9.09 Å². The quantitative estimate of drug-likeness (QED) is 0.272. The Kier molecular flexibility index (Phi) is 21.3. The van der Waals surface area contributed by atoms with Crippen LogP contribution >= 0.6 is 7.82 Å². The van der Waals surface area contributed by atoms with E-state index in [1.807, 2.05) is 0 Å². The van der Waals surface area contributed by atoms with Gasteiger partial charge in [-0.05, 0) is 6.42 Å². The zero-order valence-corrected chi connectivity index (χ0v) is 18.1. The minimum absolute atomic E-state index is 0.167. The first-order chi connectivity index (χ1) is 10.3. The van der Waals surface area contributed by atoms with Crippen LogP contribution in [0.3, 0.4) is 0 Å². The molecule has 6 heteroatoms. The molecule has 0 bridgehead atoms. The fourth-order valence-electron chi connectivity index (χ4n) is 1.77. The van der Waals surface area contributed by atoms with Crippen molar-refractivity contribution in [1.29, 1.82) is 0 Å². The number of rotatable bonds is 13. The molecule has 0 aromatic rings. The molecule has 130 valence electrons. The van der Waals surface area contributed by atoms with Crippen molar-refractivity contribution in [2.45, 2.75) is 88.6 Å². The van der Waals surface area contributed by atoms with Crippen molar-refractivity contribution in [1.82, 2.24) is 0 Å². The minimum Gasteiger partial charge on any atom is -0.303 e. The van der Waals surface area contributed by atoms with Gasteiger partial charge in [-0.1, -0.05) is 64.7 Å². The monoisotopic (exact) mass is 346 g/mol. The number of hydrogen-bond donors (Lipinski definition) is 2. The second kappa shape index (κ2) is 18.4. The summed E-state index contributed by atoms with van der Waals surface area (Å²) in [6.45, 7) is 6.90. The van der Waals surface area contributed by atoms with Gasteiger partial charge >= 0.3 is 59.2 Å². The Morgan fingerprint density at radius 1 is 0.909 bits per heavy atom. The molecule has 0 aliphatic heterocycles. The normalized spacial score (nSPS) is 11.5. The van der Waals surface area contributed by atoms with E-state index < -0.39 is 7.82 Å². The molecule has 0 aliphatic rings. The van der Waals surface area contributed by atoms with Crippen LogP contribution in [0.2, 0.25) is 3.67 Å². The Labute approximate surface area is 155 Å². The maximum absolute atomic E-state index is 10.4. The summed E-state index contributed by atoms with van der Waals surface area (Å²) >= 11 is 1.37. The van der Waals surface area contributed by atoms with E-state index in [-0.39, 0.29) is 6.61 Å². The first kappa shape index (κ1) is 25.4. The average molecular weight is 346 g/mol. The van der Waals surface area contributed by atoms with E-state index >= 15 is 0 Å². The Morgan fingerprint density at radius 3 is 1.59 bits per heavy atom. The third kappa shape index (κ3) is 29.2. The van der Waals surface area contributed by atoms with Crippen LogP contribution in [0.4, 0.5) is 0 Å². The number of phosphoric ester groups is 1. The van der Waals surface area contributed by atoms with Crippen LogP contribution in [0.5, 0.6) is 0 Å². The summed E-state index contributed by atoms with van der Waals surface area (Å²) in [7, 11) is -4.24. The van der Waals surface area contributed by atoms with E-state index in [0.717, 1.165) is 25.2 Å². The molecule has 0 unspecified atom stereocenters. The maximum atomic E-state index is 10.4. The van der Waals surface area contributed by atoms with Crippen LogP contribution in [0.15, 0.2) is 0 Å². The third-order valence-corrected chi connectivity index (χ3v) is 5.73. The van der Waals surface area contributed by atoms with E-state index in [4.69, 9.17) is 9.79 Å². The maximum Gasteiger partial charge on any atom is 0.469 e. The first-order valence-corrected chi connectivity index (χ1v) is 12.0. The van der Waals surface area contributed by atoms with Crippen LogP contribution in [0.1, 0.15) is 85.0 Å². The summed E-state index contributed by atoms with van der Waals surface area (Å²) in [5.74, 6) is 0.946. The summed E-state index contributed by atoms with van der Waals surface area (Å²) in [4.78, 5) is 16.9. The molecular formula is C16H36NaO4P. The van der Waals surface area contributed by atoms with E-state index in [2.05, 4.69) is 25.3 Å². The average Bonchev–Trinajstić information content (AvgIpc) is 2.44. The van der Waals surface area contributed by atoms with Gasteiger partial charge in [0, 0.05) is 0 Å². The molecule has 4 nitrogen and oxygen atoms in total. The molecular weight excluding hydrogens is 310 g/mol. The first-order valence-electron chi connectivity index (χ1n) is 9.03. The van der Waals surface area contributed by atoms with E-state index in [1.54, 1.807) is 0 Å². The zero-order valence-electron chi connectivity index (χ0n) is 15.2. The topological polar surface area (TPSA) is 66.8 Å². The molecule has 0 fully saturated rings. The zero-order chi connectivity index (χ0) is 17.3. The molecule has 0 radical (unpaired) electrons. The van der Waals surface area contributed by atoms with Crippen LogP contribution < -0.4 is 0 Å². The summed E-state index contributed by atoms with van der Waals surface area (Å²) in [6.07, 6.45) is 12.0. The Balaban J connectivity index is 0. The SMILES string of the molecule is CC(C)[CH2][Na].CCCCCCCCCCCCOP(=O)(O)O. The molecule has 22 heavy (non-hydrogen) atoms. The summed E-state index contributed by atoms with van der Waals surface area (Å²) in [6, 6.07) is 0. The van der Waals surface area contributed by atoms with Crippen LogP contribution in [0.25, 0.3) is 0 Å². The van der Waals surface area contributed by atoms with Crippen molar-refractivity contribution < 1.29 is 18.9 Å². The number of unbranched alkanes of at least 4 members (excludes halogenated alkanes) is 9. The van der Waals surface area contributed by atoms with Gasteiger partial charge in [0.25, 0.3) is 0 Å². The molecule has 0 aromatic carbocycles. The molecule has 0 spiro atoms. The molecule has 0 saturated heterocycles. The molecule has 0 aliphatic carbocycles. The Bertz CT molecular complexity index is 257. The van der Waals surface area contributed by atoms with E-state index in [0.29, 0.717) is 0 Å². The fourth-order valence-corrected chi connectivity index (χ4v) is 2.14. The van der Waals surface area contributed by atoms with Gasteiger partial charge in [-0.15, -0.1) is 0 Å². The predicted molar refractivity (Wildman–Crippen MR) is 95.2 cm³/mol. The van der Waals surface area contributed by atoms with Crippen molar-refractivity contribution in [3.63, 3.8) is 0 Å². The standard InChI is InChI=1S/C12H27O4P.C4H9.Na/c1-2-3-4-5-6-7-8-9-10-11-12-16-17(13,14)15;1-4(2)3;/h2-12H2,1H3,(H2,13,14,15);4H,1H2,2-3H3;. The predicted octanol–water partition coefficient (Wildman–Crippen LogP) is 5.25. The van der Waals surface area contributed by atoms with Gasteiger partial charge in [-0.2, -0.15) is 0 Å². The van der Waals surface area contributed by atoms with Gasteiger partial charge in [0.1, 0.15) is 0 Å². The summed E-state index contributed by atoms with van der Waals surface area (Å²) in [5, 5.41) is 0. The molecule has 0 rings (SSSR count). The van der Waals surface area contributed by atoms with Crippen LogP contribution in [-0.4, -0.2) is 44.3 Å². The number of hydrogen-bond acceptors (Lipinski definition) is 2. The summed E-state index contributed by atoms with van der Waals surface area (Å²) in [5.41, 5.74) is 0. The van der Waals surface area contributed by atoms with Gasteiger partial charge in [0.15, 0.2) is 0 Å². The molecule has 0 heterocycles.